The summed E-state index contributed by atoms with van der Waals surface area (Å²) in [6.07, 6.45) is 1.81. The standard InChI is InChI=1S/C15H23F2N/c1-5-11(6-2)15(18-7-3)13-12(16)9-8-10(4)14(13)17/h8-9,11,15,18H,5-7H2,1-4H3. The average molecular weight is 255 g/mol. The van der Waals surface area contributed by atoms with Crippen LogP contribution in [0, 0.1) is 24.5 Å². The molecule has 102 valence electrons. The second kappa shape index (κ2) is 6.83. The molecule has 0 spiro atoms. The van der Waals surface area contributed by atoms with Crippen LogP contribution in [0.1, 0.15) is 50.8 Å². The van der Waals surface area contributed by atoms with Crippen molar-refractivity contribution in [1.82, 2.24) is 5.32 Å². The van der Waals surface area contributed by atoms with Gasteiger partial charge < -0.3 is 5.32 Å². The van der Waals surface area contributed by atoms with Crippen LogP contribution in [0.5, 0.6) is 0 Å². The molecule has 0 aliphatic carbocycles. The Morgan fingerprint density at radius 2 is 1.72 bits per heavy atom. The maximum atomic E-state index is 14.2. The van der Waals surface area contributed by atoms with E-state index in [2.05, 4.69) is 19.2 Å². The van der Waals surface area contributed by atoms with E-state index in [1.807, 2.05) is 6.92 Å². The number of rotatable bonds is 6. The fourth-order valence-corrected chi connectivity index (χ4v) is 2.45. The van der Waals surface area contributed by atoms with Crippen molar-refractivity contribution < 1.29 is 8.78 Å². The number of hydrogen-bond acceptors (Lipinski definition) is 1. The van der Waals surface area contributed by atoms with Crippen LogP contribution in [-0.4, -0.2) is 6.54 Å². The highest BCUT2D eigenvalue weighted by Gasteiger charge is 2.26. The molecule has 1 atom stereocenters. The molecular weight excluding hydrogens is 232 g/mol. The van der Waals surface area contributed by atoms with E-state index in [1.165, 1.54) is 12.1 Å². The third kappa shape index (κ3) is 3.08. The Labute approximate surface area is 109 Å². The molecule has 1 aromatic carbocycles. The van der Waals surface area contributed by atoms with E-state index in [0.29, 0.717) is 12.1 Å². The molecule has 18 heavy (non-hydrogen) atoms. The van der Waals surface area contributed by atoms with Crippen LogP contribution in [0.4, 0.5) is 8.78 Å². The Kier molecular flexibility index (Phi) is 5.73. The minimum Gasteiger partial charge on any atom is -0.310 e. The normalized spacial score (nSPS) is 13.1. The minimum atomic E-state index is -0.448. The summed E-state index contributed by atoms with van der Waals surface area (Å²) >= 11 is 0. The molecule has 1 unspecified atom stereocenters. The topological polar surface area (TPSA) is 12.0 Å². The summed E-state index contributed by atoms with van der Waals surface area (Å²) in [6.45, 7) is 8.46. The third-order valence-electron chi connectivity index (χ3n) is 3.57. The molecule has 0 fully saturated rings. The predicted octanol–water partition coefficient (Wildman–Crippen LogP) is 4.36. The second-order valence-electron chi connectivity index (χ2n) is 4.70. The smallest absolute Gasteiger partial charge is 0.133 e. The number of halogens is 2. The molecule has 1 rings (SSSR count). The first-order chi connectivity index (χ1) is 8.56. The monoisotopic (exact) mass is 255 g/mol. The lowest BCUT2D eigenvalue weighted by molar-refractivity contribution is 0.326. The number of benzene rings is 1. The van der Waals surface area contributed by atoms with E-state index < -0.39 is 11.6 Å². The van der Waals surface area contributed by atoms with Crippen LogP contribution >= 0.6 is 0 Å². The van der Waals surface area contributed by atoms with Crippen molar-refractivity contribution in [2.45, 2.75) is 46.6 Å². The molecular formula is C15H23F2N. The molecule has 1 nitrogen and oxygen atoms in total. The molecule has 1 N–H and O–H groups in total. The molecule has 0 bridgehead atoms. The van der Waals surface area contributed by atoms with Gasteiger partial charge in [-0.05, 0) is 31.0 Å². The van der Waals surface area contributed by atoms with Gasteiger partial charge >= 0.3 is 0 Å². The molecule has 3 heteroatoms. The maximum Gasteiger partial charge on any atom is 0.133 e. The lowest BCUT2D eigenvalue weighted by atomic mass is 9.87. The summed E-state index contributed by atoms with van der Waals surface area (Å²) in [7, 11) is 0. The maximum absolute atomic E-state index is 14.2. The van der Waals surface area contributed by atoms with Crippen molar-refractivity contribution >= 4 is 0 Å². The fraction of sp³-hybridized carbons (Fsp3) is 0.600. The molecule has 0 heterocycles. The number of aryl methyl sites for hydroxylation is 1. The van der Waals surface area contributed by atoms with Crippen molar-refractivity contribution in [3.8, 4) is 0 Å². The molecule has 0 aliphatic heterocycles. The Morgan fingerprint density at radius 3 is 2.22 bits per heavy atom. The van der Waals surface area contributed by atoms with Gasteiger partial charge in [-0.25, -0.2) is 8.78 Å². The molecule has 0 aromatic heterocycles. The van der Waals surface area contributed by atoms with Crippen molar-refractivity contribution in [2.24, 2.45) is 5.92 Å². The molecule has 0 amide bonds. The van der Waals surface area contributed by atoms with Crippen LogP contribution in [0.3, 0.4) is 0 Å². The Balaban J connectivity index is 3.24. The Hall–Kier alpha value is -0.960. The van der Waals surface area contributed by atoms with Crippen molar-refractivity contribution in [3.05, 3.63) is 34.9 Å². The van der Waals surface area contributed by atoms with Crippen LogP contribution in [0.15, 0.2) is 12.1 Å². The summed E-state index contributed by atoms with van der Waals surface area (Å²) in [6, 6.07) is 2.61. The van der Waals surface area contributed by atoms with Crippen molar-refractivity contribution in [2.75, 3.05) is 6.54 Å². The van der Waals surface area contributed by atoms with E-state index in [4.69, 9.17) is 0 Å². The van der Waals surface area contributed by atoms with Gasteiger partial charge in [0.1, 0.15) is 11.6 Å². The lowest BCUT2D eigenvalue weighted by Gasteiger charge is -2.27. The van der Waals surface area contributed by atoms with Gasteiger partial charge in [-0.3, -0.25) is 0 Å². The summed E-state index contributed by atoms with van der Waals surface area (Å²) < 4.78 is 28.1. The number of hydrogen-bond donors (Lipinski definition) is 1. The van der Waals surface area contributed by atoms with Gasteiger partial charge in [0.2, 0.25) is 0 Å². The quantitative estimate of drug-likeness (QED) is 0.796. The van der Waals surface area contributed by atoms with Gasteiger partial charge in [0, 0.05) is 11.6 Å². The van der Waals surface area contributed by atoms with Crippen LogP contribution < -0.4 is 5.32 Å². The fourth-order valence-electron chi connectivity index (χ4n) is 2.45. The molecule has 0 saturated carbocycles. The summed E-state index contributed by atoms with van der Waals surface area (Å²) in [5, 5.41) is 3.23. The summed E-state index contributed by atoms with van der Waals surface area (Å²) in [5.41, 5.74) is 0.700. The lowest BCUT2D eigenvalue weighted by Crippen LogP contribution is -2.29. The molecule has 0 aliphatic rings. The minimum absolute atomic E-state index is 0.200. The van der Waals surface area contributed by atoms with E-state index >= 15 is 0 Å². The Morgan fingerprint density at radius 1 is 1.11 bits per heavy atom. The van der Waals surface area contributed by atoms with Gasteiger partial charge in [-0.2, -0.15) is 0 Å². The zero-order valence-corrected chi connectivity index (χ0v) is 11.7. The first-order valence-corrected chi connectivity index (χ1v) is 6.74. The highest BCUT2D eigenvalue weighted by atomic mass is 19.1. The second-order valence-corrected chi connectivity index (χ2v) is 4.70. The van der Waals surface area contributed by atoms with Gasteiger partial charge in [0.25, 0.3) is 0 Å². The van der Waals surface area contributed by atoms with E-state index in [9.17, 15) is 8.78 Å². The highest BCUT2D eigenvalue weighted by Crippen LogP contribution is 2.32. The van der Waals surface area contributed by atoms with Gasteiger partial charge in [-0.1, -0.05) is 39.7 Å². The Bertz CT molecular complexity index is 386. The zero-order chi connectivity index (χ0) is 13.7. The van der Waals surface area contributed by atoms with Crippen molar-refractivity contribution in [1.29, 1.82) is 0 Å². The largest absolute Gasteiger partial charge is 0.310 e. The molecule has 1 aromatic rings. The molecule has 0 saturated heterocycles. The predicted molar refractivity (Wildman–Crippen MR) is 71.6 cm³/mol. The van der Waals surface area contributed by atoms with E-state index in [1.54, 1.807) is 6.92 Å². The summed E-state index contributed by atoms with van der Waals surface area (Å²) in [5.74, 6) is -0.612. The number of nitrogens with one attached hydrogen (secondary N) is 1. The van der Waals surface area contributed by atoms with Gasteiger partial charge in [0.05, 0.1) is 0 Å². The van der Waals surface area contributed by atoms with E-state index in [-0.39, 0.29) is 17.5 Å². The van der Waals surface area contributed by atoms with Gasteiger partial charge in [0.15, 0.2) is 0 Å². The zero-order valence-electron chi connectivity index (χ0n) is 11.7. The van der Waals surface area contributed by atoms with Gasteiger partial charge in [-0.15, -0.1) is 0 Å². The van der Waals surface area contributed by atoms with Crippen LogP contribution in [0.25, 0.3) is 0 Å². The van der Waals surface area contributed by atoms with E-state index in [0.717, 1.165) is 12.8 Å². The summed E-state index contributed by atoms with van der Waals surface area (Å²) in [4.78, 5) is 0. The van der Waals surface area contributed by atoms with Crippen LogP contribution in [0.2, 0.25) is 0 Å². The highest BCUT2D eigenvalue weighted by molar-refractivity contribution is 5.29. The third-order valence-corrected chi connectivity index (χ3v) is 3.57. The molecule has 0 radical (unpaired) electrons. The van der Waals surface area contributed by atoms with Crippen LogP contribution in [-0.2, 0) is 0 Å². The SMILES string of the molecule is CCNC(c1c(F)ccc(C)c1F)C(CC)CC. The first-order valence-electron chi connectivity index (χ1n) is 6.74. The van der Waals surface area contributed by atoms with Crippen molar-refractivity contribution in [3.63, 3.8) is 0 Å². The first kappa shape index (κ1) is 15.1. The average Bonchev–Trinajstić information content (AvgIpc) is 2.36.